The summed E-state index contributed by atoms with van der Waals surface area (Å²) in [6, 6.07) is 15.7. The first kappa shape index (κ1) is 16.0. The fourth-order valence-corrected chi connectivity index (χ4v) is 2.04. The SMILES string of the molecule is CC(CNC(=O)CCOc1ccccc1)c1ccc(F)cc1. The highest BCUT2D eigenvalue weighted by Gasteiger charge is 2.08. The van der Waals surface area contributed by atoms with E-state index >= 15 is 0 Å². The van der Waals surface area contributed by atoms with Crippen LogP contribution >= 0.6 is 0 Å². The van der Waals surface area contributed by atoms with Gasteiger partial charge in [-0.3, -0.25) is 4.79 Å². The van der Waals surface area contributed by atoms with E-state index in [4.69, 9.17) is 4.74 Å². The number of hydrogen-bond donors (Lipinski definition) is 1. The minimum atomic E-state index is -0.252. The van der Waals surface area contributed by atoms with Crippen molar-refractivity contribution in [1.82, 2.24) is 5.32 Å². The molecule has 2 aromatic carbocycles. The molecule has 0 saturated carbocycles. The monoisotopic (exact) mass is 301 g/mol. The average molecular weight is 301 g/mol. The van der Waals surface area contributed by atoms with E-state index in [-0.39, 0.29) is 17.6 Å². The maximum atomic E-state index is 12.9. The van der Waals surface area contributed by atoms with Crippen LogP contribution in [0.15, 0.2) is 54.6 Å². The number of hydrogen-bond acceptors (Lipinski definition) is 2. The second-order valence-corrected chi connectivity index (χ2v) is 5.17. The molecule has 0 aliphatic carbocycles. The second-order valence-electron chi connectivity index (χ2n) is 5.17. The van der Waals surface area contributed by atoms with Gasteiger partial charge in [-0.2, -0.15) is 0 Å². The average Bonchev–Trinajstić information content (AvgIpc) is 2.54. The molecular formula is C18H20FNO2. The molecule has 0 aliphatic rings. The topological polar surface area (TPSA) is 38.3 Å². The summed E-state index contributed by atoms with van der Waals surface area (Å²) in [6.07, 6.45) is 0.311. The second kappa shape index (κ2) is 8.17. The Morgan fingerprint density at radius 3 is 2.50 bits per heavy atom. The number of carbonyl (C=O) groups excluding carboxylic acids is 1. The van der Waals surface area contributed by atoms with Gasteiger partial charge in [0.15, 0.2) is 0 Å². The molecule has 1 atom stereocenters. The molecule has 1 unspecified atom stereocenters. The Morgan fingerprint density at radius 1 is 1.14 bits per heavy atom. The van der Waals surface area contributed by atoms with E-state index in [1.165, 1.54) is 12.1 Å². The highest BCUT2D eigenvalue weighted by molar-refractivity contribution is 5.76. The largest absolute Gasteiger partial charge is 0.493 e. The predicted molar refractivity (Wildman–Crippen MR) is 84.4 cm³/mol. The minimum Gasteiger partial charge on any atom is -0.493 e. The van der Waals surface area contributed by atoms with Crippen LogP contribution in [-0.2, 0) is 4.79 Å². The molecule has 3 nitrogen and oxygen atoms in total. The number of nitrogens with one attached hydrogen (secondary N) is 1. The third-order valence-electron chi connectivity index (χ3n) is 3.39. The van der Waals surface area contributed by atoms with Crippen LogP contribution in [0.5, 0.6) is 5.75 Å². The Kier molecular flexibility index (Phi) is 5.95. The van der Waals surface area contributed by atoms with Crippen LogP contribution in [0, 0.1) is 5.82 Å². The molecule has 2 rings (SSSR count). The molecular weight excluding hydrogens is 281 g/mol. The molecule has 0 radical (unpaired) electrons. The van der Waals surface area contributed by atoms with Gasteiger partial charge < -0.3 is 10.1 Å². The van der Waals surface area contributed by atoms with Crippen molar-refractivity contribution in [3.05, 3.63) is 66.0 Å². The van der Waals surface area contributed by atoms with Gasteiger partial charge in [0.1, 0.15) is 11.6 Å². The summed E-state index contributed by atoms with van der Waals surface area (Å²) in [4.78, 5) is 11.8. The normalized spacial score (nSPS) is 11.7. The predicted octanol–water partition coefficient (Wildman–Crippen LogP) is 3.51. The lowest BCUT2D eigenvalue weighted by Crippen LogP contribution is -2.28. The van der Waals surface area contributed by atoms with Gasteiger partial charge in [-0.05, 0) is 35.7 Å². The van der Waals surface area contributed by atoms with E-state index in [0.717, 1.165) is 11.3 Å². The van der Waals surface area contributed by atoms with E-state index in [1.54, 1.807) is 12.1 Å². The van der Waals surface area contributed by atoms with E-state index in [9.17, 15) is 9.18 Å². The van der Waals surface area contributed by atoms with Crippen LogP contribution in [-0.4, -0.2) is 19.1 Å². The molecule has 0 aliphatic heterocycles. The van der Waals surface area contributed by atoms with Gasteiger partial charge in [0.2, 0.25) is 5.91 Å². The molecule has 0 saturated heterocycles. The van der Waals surface area contributed by atoms with E-state index in [2.05, 4.69) is 5.32 Å². The summed E-state index contributed by atoms with van der Waals surface area (Å²) in [6.45, 7) is 2.87. The standard InChI is InChI=1S/C18H20FNO2/c1-14(15-7-9-16(19)10-8-15)13-20-18(21)11-12-22-17-5-3-2-4-6-17/h2-10,14H,11-13H2,1H3,(H,20,21). The van der Waals surface area contributed by atoms with Crippen LogP contribution in [0.3, 0.4) is 0 Å². The van der Waals surface area contributed by atoms with Gasteiger partial charge in [-0.1, -0.05) is 37.3 Å². The highest BCUT2D eigenvalue weighted by Crippen LogP contribution is 2.14. The smallest absolute Gasteiger partial charge is 0.223 e. The molecule has 1 amide bonds. The van der Waals surface area contributed by atoms with Gasteiger partial charge in [0, 0.05) is 6.54 Å². The van der Waals surface area contributed by atoms with E-state index in [1.807, 2.05) is 37.3 Å². The maximum Gasteiger partial charge on any atom is 0.223 e. The summed E-state index contributed by atoms with van der Waals surface area (Å²) >= 11 is 0. The Morgan fingerprint density at radius 2 is 1.82 bits per heavy atom. The number of para-hydroxylation sites is 1. The van der Waals surface area contributed by atoms with Gasteiger partial charge >= 0.3 is 0 Å². The zero-order chi connectivity index (χ0) is 15.8. The van der Waals surface area contributed by atoms with Crippen molar-refractivity contribution < 1.29 is 13.9 Å². The van der Waals surface area contributed by atoms with Crippen molar-refractivity contribution in [1.29, 1.82) is 0 Å². The number of carbonyl (C=O) groups is 1. The lowest BCUT2D eigenvalue weighted by Gasteiger charge is -2.13. The molecule has 0 heterocycles. The van der Waals surface area contributed by atoms with Gasteiger partial charge in [-0.25, -0.2) is 4.39 Å². The zero-order valence-corrected chi connectivity index (χ0v) is 12.6. The van der Waals surface area contributed by atoms with Crippen molar-refractivity contribution in [3.63, 3.8) is 0 Å². The summed E-state index contributed by atoms with van der Waals surface area (Å²) in [7, 11) is 0. The molecule has 116 valence electrons. The molecule has 0 spiro atoms. The third kappa shape index (κ3) is 5.20. The molecule has 0 aromatic heterocycles. The Labute approximate surface area is 130 Å². The number of benzene rings is 2. The lowest BCUT2D eigenvalue weighted by molar-refractivity contribution is -0.121. The van der Waals surface area contributed by atoms with Gasteiger partial charge in [0.25, 0.3) is 0 Å². The molecule has 1 N–H and O–H groups in total. The van der Waals surface area contributed by atoms with Crippen LogP contribution in [0.4, 0.5) is 4.39 Å². The Hall–Kier alpha value is -2.36. The quantitative estimate of drug-likeness (QED) is 0.850. The summed E-state index contributed by atoms with van der Waals surface area (Å²) in [5, 5.41) is 2.87. The van der Waals surface area contributed by atoms with Crippen LogP contribution in [0.2, 0.25) is 0 Å². The number of amides is 1. The van der Waals surface area contributed by atoms with Crippen molar-refractivity contribution in [2.24, 2.45) is 0 Å². The van der Waals surface area contributed by atoms with Gasteiger partial charge in [-0.15, -0.1) is 0 Å². The van der Waals surface area contributed by atoms with Crippen LogP contribution in [0.25, 0.3) is 0 Å². The minimum absolute atomic E-state index is 0.0510. The summed E-state index contributed by atoms with van der Waals surface area (Å²) < 4.78 is 18.3. The van der Waals surface area contributed by atoms with E-state index in [0.29, 0.717) is 19.6 Å². The highest BCUT2D eigenvalue weighted by atomic mass is 19.1. The first-order valence-corrected chi connectivity index (χ1v) is 7.35. The zero-order valence-electron chi connectivity index (χ0n) is 12.6. The number of rotatable bonds is 7. The first-order valence-electron chi connectivity index (χ1n) is 7.35. The molecule has 2 aromatic rings. The van der Waals surface area contributed by atoms with Gasteiger partial charge in [0.05, 0.1) is 13.0 Å². The van der Waals surface area contributed by atoms with E-state index < -0.39 is 0 Å². The Balaban J connectivity index is 1.68. The Bertz CT molecular complexity index is 584. The third-order valence-corrected chi connectivity index (χ3v) is 3.39. The fourth-order valence-electron chi connectivity index (χ4n) is 2.04. The lowest BCUT2D eigenvalue weighted by atomic mass is 10.0. The number of ether oxygens (including phenoxy) is 1. The van der Waals surface area contributed by atoms with Crippen molar-refractivity contribution in [2.45, 2.75) is 19.3 Å². The molecule has 0 bridgehead atoms. The van der Waals surface area contributed by atoms with Crippen molar-refractivity contribution >= 4 is 5.91 Å². The number of halogens is 1. The summed E-state index contributed by atoms with van der Waals surface area (Å²) in [5.74, 6) is 0.595. The fraction of sp³-hybridized carbons (Fsp3) is 0.278. The molecule has 22 heavy (non-hydrogen) atoms. The maximum absolute atomic E-state index is 12.9. The molecule has 0 fully saturated rings. The summed E-state index contributed by atoms with van der Waals surface area (Å²) in [5.41, 5.74) is 1.00. The van der Waals surface area contributed by atoms with Crippen molar-refractivity contribution in [3.8, 4) is 5.75 Å². The van der Waals surface area contributed by atoms with Crippen LogP contribution in [0.1, 0.15) is 24.8 Å². The molecule has 4 heteroatoms. The first-order chi connectivity index (χ1) is 10.6. The van der Waals surface area contributed by atoms with Crippen molar-refractivity contribution in [2.75, 3.05) is 13.2 Å². The van der Waals surface area contributed by atoms with Crippen LogP contribution < -0.4 is 10.1 Å².